The molecule has 0 radical (unpaired) electrons. The Labute approximate surface area is 69.7 Å². The Morgan fingerprint density at radius 1 is 1.25 bits per heavy atom. The molecule has 0 unspecified atom stereocenters. The normalized spacial score (nSPS) is 10.0. The van der Waals surface area contributed by atoms with E-state index in [0.717, 1.165) is 5.56 Å². The van der Waals surface area contributed by atoms with Gasteiger partial charge in [0.2, 0.25) is 0 Å². The van der Waals surface area contributed by atoms with Crippen molar-refractivity contribution in [2.45, 2.75) is 0 Å². The molecule has 0 N–H and O–H groups in total. The summed E-state index contributed by atoms with van der Waals surface area (Å²) in [5, 5.41) is 0. The van der Waals surface area contributed by atoms with E-state index in [2.05, 4.69) is 4.98 Å². The van der Waals surface area contributed by atoms with Crippen LogP contribution in [0.25, 0.3) is 6.08 Å². The SMILES string of the molecule is O=CC=Cc1ccc(C=O)nc1. The van der Waals surface area contributed by atoms with Crippen LogP contribution in [0.1, 0.15) is 16.1 Å². The first-order valence-electron chi connectivity index (χ1n) is 3.40. The van der Waals surface area contributed by atoms with Gasteiger partial charge in [-0.3, -0.25) is 14.6 Å². The Morgan fingerprint density at radius 2 is 2.08 bits per heavy atom. The molecule has 1 aromatic heterocycles. The zero-order chi connectivity index (χ0) is 8.81. The van der Waals surface area contributed by atoms with Gasteiger partial charge in [0, 0.05) is 6.20 Å². The molecule has 1 heterocycles. The maximum Gasteiger partial charge on any atom is 0.168 e. The second-order valence-electron chi connectivity index (χ2n) is 2.13. The molecule has 0 atom stereocenters. The molecule has 3 nitrogen and oxygen atoms in total. The third kappa shape index (κ3) is 2.12. The summed E-state index contributed by atoms with van der Waals surface area (Å²) < 4.78 is 0. The van der Waals surface area contributed by atoms with E-state index in [9.17, 15) is 9.59 Å². The van der Waals surface area contributed by atoms with Gasteiger partial charge < -0.3 is 0 Å². The number of rotatable bonds is 3. The molecule has 3 heteroatoms. The number of aldehydes is 2. The van der Waals surface area contributed by atoms with E-state index in [1.807, 2.05) is 0 Å². The van der Waals surface area contributed by atoms with Crippen molar-refractivity contribution in [3.8, 4) is 0 Å². The highest BCUT2D eigenvalue weighted by atomic mass is 16.1. The Kier molecular flexibility index (Phi) is 2.90. The molecule has 0 bridgehead atoms. The number of hydrogen-bond donors (Lipinski definition) is 0. The van der Waals surface area contributed by atoms with Gasteiger partial charge in [0.15, 0.2) is 6.29 Å². The van der Waals surface area contributed by atoms with Gasteiger partial charge in [-0.1, -0.05) is 12.1 Å². The molecular weight excluding hydrogens is 154 g/mol. The largest absolute Gasteiger partial charge is 0.299 e. The molecule has 0 aliphatic rings. The van der Waals surface area contributed by atoms with Crippen LogP contribution in [0, 0.1) is 0 Å². The summed E-state index contributed by atoms with van der Waals surface area (Å²) >= 11 is 0. The molecule has 1 rings (SSSR count). The fraction of sp³-hybridized carbons (Fsp3) is 0. The number of hydrogen-bond acceptors (Lipinski definition) is 3. The zero-order valence-corrected chi connectivity index (χ0v) is 6.31. The first-order valence-corrected chi connectivity index (χ1v) is 3.40. The predicted molar refractivity (Wildman–Crippen MR) is 44.7 cm³/mol. The van der Waals surface area contributed by atoms with Crippen molar-refractivity contribution >= 4 is 18.6 Å². The minimum atomic E-state index is 0.387. The van der Waals surface area contributed by atoms with Crippen molar-refractivity contribution in [2.24, 2.45) is 0 Å². The molecule has 0 saturated carbocycles. The van der Waals surface area contributed by atoms with Crippen molar-refractivity contribution < 1.29 is 9.59 Å². The summed E-state index contributed by atoms with van der Waals surface area (Å²) in [5.41, 5.74) is 1.19. The number of carbonyl (C=O) groups is 2. The van der Waals surface area contributed by atoms with Gasteiger partial charge in [0.25, 0.3) is 0 Å². The topological polar surface area (TPSA) is 47.0 Å². The maximum atomic E-state index is 10.2. The summed E-state index contributed by atoms with van der Waals surface area (Å²) in [6.45, 7) is 0. The second-order valence-corrected chi connectivity index (χ2v) is 2.13. The monoisotopic (exact) mass is 161 g/mol. The van der Waals surface area contributed by atoms with Crippen molar-refractivity contribution in [1.82, 2.24) is 4.98 Å². The number of nitrogens with zero attached hydrogens (tertiary/aromatic N) is 1. The molecule has 0 aliphatic carbocycles. The van der Waals surface area contributed by atoms with Crippen LogP contribution in [0.2, 0.25) is 0 Å². The summed E-state index contributed by atoms with van der Waals surface area (Å²) in [5.74, 6) is 0. The van der Waals surface area contributed by atoms with Crippen LogP contribution in [0.4, 0.5) is 0 Å². The molecule has 0 amide bonds. The standard InChI is InChI=1S/C9H7NO2/c11-5-1-2-8-3-4-9(7-12)10-6-8/h1-7H. The minimum Gasteiger partial charge on any atom is -0.299 e. The fourth-order valence-electron chi connectivity index (χ4n) is 0.735. The van der Waals surface area contributed by atoms with Crippen LogP contribution in [-0.2, 0) is 4.79 Å². The van der Waals surface area contributed by atoms with Crippen LogP contribution in [0.5, 0.6) is 0 Å². The van der Waals surface area contributed by atoms with E-state index in [-0.39, 0.29) is 0 Å². The molecule has 60 valence electrons. The molecular formula is C9H7NO2. The van der Waals surface area contributed by atoms with Gasteiger partial charge >= 0.3 is 0 Å². The van der Waals surface area contributed by atoms with Crippen LogP contribution >= 0.6 is 0 Å². The second kappa shape index (κ2) is 4.18. The van der Waals surface area contributed by atoms with Crippen LogP contribution < -0.4 is 0 Å². The van der Waals surface area contributed by atoms with Crippen molar-refractivity contribution in [3.05, 3.63) is 35.7 Å². The molecule has 12 heavy (non-hydrogen) atoms. The molecule has 1 aromatic rings. The Balaban J connectivity index is 2.84. The maximum absolute atomic E-state index is 10.2. The molecule has 0 aliphatic heterocycles. The predicted octanol–water partition coefficient (Wildman–Crippen LogP) is 1.11. The lowest BCUT2D eigenvalue weighted by atomic mass is 10.2. The van der Waals surface area contributed by atoms with Gasteiger partial charge in [0.05, 0.1) is 0 Å². The number of pyridine rings is 1. The van der Waals surface area contributed by atoms with E-state index in [1.165, 1.54) is 12.3 Å². The van der Waals surface area contributed by atoms with Gasteiger partial charge in [-0.05, 0) is 17.7 Å². The van der Waals surface area contributed by atoms with E-state index < -0.39 is 0 Å². The fourth-order valence-corrected chi connectivity index (χ4v) is 0.735. The van der Waals surface area contributed by atoms with E-state index >= 15 is 0 Å². The average Bonchev–Trinajstić information content (AvgIpc) is 2.15. The Hall–Kier alpha value is -1.77. The van der Waals surface area contributed by atoms with Gasteiger partial charge in [-0.15, -0.1) is 0 Å². The number of carbonyl (C=O) groups excluding carboxylic acids is 2. The number of allylic oxidation sites excluding steroid dienone is 1. The van der Waals surface area contributed by atoms with Crippen LogP contribution in [0.3, 0.4) is 0 Å². The van der Waals surface area contributed by atoms with E-state index in [1.54, 1.807) is 18.2 Å². The summed E-state index contributed by atoms with van der Waals surface area (Å²) in [6, 6.07) is 3.31. The molecule has 0 fully saturated rings. The first-order chi connectivity index (χ1) is 5.86. The Morgan fingerprint density at radius 3 is 2.58 bits per heavy atom. The number of aromatic nitrogens is 1. The van der Waals surface area contributed by atoms with Crippen LogP contribution in [-0.4, -0.2) is 17.6 Å². The summed E-state index contributed by atoms with van der Waals surface area (Å²) in [4.78, 5) is 23.9. The highest BCUT2D eigenvalue weighted by molar-refractivity contribution is 5.75. The first kappa shape index (κ1) is 8.33. The lowest BCUT2D eigenvalue weighted by Gasteiger charge is -1.90. The zero-order valence-electron chi connectivity index (χ0n) is 6.31. The quantitative estimate of drug-likeness (QED) is 0.492. The van der Waals surface area contributed by atoms with Crippen LogP contribution in [0.15, 0.2) is 24.4 Å². The highest BCUT2D eigenvalue weighted by Crippen LogP contribution is 1.99. The van der Waals surface area contributed by atoms with Crippen molar-refractivity contribution in [3.63, 3.8) is 0 Å². The van der Waals surface area contributed by atoms with E-state index in [4.69, 9.17) is 0 Å². The third-order valence-corrected chi connectivity index (χ3v) is 1.30. The van der Waals surface area contributed by atoms with E-state index in [0.29, 0.717) is 18.3 Å². The van der Waals surface area contributed by atoms with Crippen molar-refractivity contribution in [2.75, 3.05) is 0 Å². The average molecular weight is 161 g/mol. The third-order valence-electron chi connectivity index (χ3n) is 1.30. The van der Waals surface area contributed by atoms with Gasteiger partial charge in [-0.25, -0.2) is 0 Å². The summed E-state index contributed by atoms with van der Waals surface area (Å²) in [6.07, 6.45) is 5.89. The highest BCUT2D eigenvalue weighted by Gasteiger charge is 1.89. The lowest BCUT2D eigenvalue weighted by molar-refractivity contribution is -0.104. The molecule has 0 aromatic carbocycles. The minimum absolute atomic E-state index is 0.387. The molecule has 0 saturated heterocycles. The lowest BCUT2D eigenvalue weighted by Crippen LogP contribution is -1.85. The Bertz CT molecular complexity index is 301. The van der Waals surface area contributed by atoms with Gasteiger partial charge in [-0.2, -0.15) is 0 Å². The summed E-state index contributed by atoms with van der Waals surface area (Å²) in [7, 11) is 0. The van der Waals surface area contributed by atoms with Gasteiger partial charge in [0.1, 0.15) is 12.0 Å². The smallest absolute Gasteiger partial charge is 0.168 e. The molecule has 0 spiro atoms. The van der Waals surface area contributed by atoms with Crippen molar-refractivity contribution in [1.29, 1.82) is 0 Å².